The van der Waals surface area contributed by atoms with Gasteiger partial charge in [0.25, 0.3) is 0 Å². The number of hydrogen-bond donors (Lipinski definition) is 2. The van der Waals surface area contributed by atoms with Crippen LogP contribution < -0.4 is 10.6 Å². The summed E-state index contributed by atoms with van der Waals surface area (Å²) in [6, 6.07) is 0. The van der Waals surface area contributed by atoms with Crippen molar-refractivity contribution < 1.29 is 9.32 Å². The van der Waals surface area contributed by atoms with Crippen LogP contribution in [0.4, 0.5) is 0 Å². The first-order chi connectivity index (χ1) is 12.4. The minimum absolute atomic E-state index is 0. The minimum Gasteiger partial charge on any atom is -0.361 e. The van der Waals surface area contributed by atoms with Gasteiger partial charge in [0, 0.05) is 26.2 Å². The number of carbonyl (C=O) groups is 1. The first-order valence-electron chi connectivity index (χ1n) is 9.53. The summed E-state index contributed by atoms with van der Waals surface area (Å²) >= 11 is 0. The fraction of sp³-hybridized carbons (Fsp3) is 0.737. The van der Waals surface area contributed by atoms with E-state index < -0.39 is 0 Å². The summed E-state index contributed by atoms with van der Waals surface area (Å²) in [4.78, 5) is 18.1. The SMILES string of the molecule is CCCCC(CC)CNC(=NCc1c(C)noc1C)NCC(=O)N(C)C.I. The molecule has 8 heteroatoms. The van der Waals surface area contributed by atoms with Gasteiger partial charge in [-0.1, -0.05) is 38.3 Å². The fourth-order valence-corrected chi connectivity index (χ4v) is 2.56. The van der Waals surface area contributed by atoms with Crippen molar-refractivity contribution in [1.82, 2.24) is 20.7 Å². The average Bonchev–Trinajstić information content (AvgIpc) is 2.94. The van der Waals surface area contributed by atoms with Crippen LogP contribution in [0.25, 0.3) is 0 Å². The Labute approximate surface area is 180 Å². The van der Waals surface area contributed by atoms with E-state index in [2.05, 4.69) is 34.6 Å². The molecule has 7 nitrogen and oxygen atoms in total. The molecule has 0 aliphatic carbocycles. The number of aryl methyl sites for hydroxylation is 2. The molecule has 1 amide bonds. The molecule has 0 aliphatic rings. The number of likely N-dealkylation sites (N-methyl/N-ethyl adjacent to an activating group) is 1. The molecule has 1 heterocycles. The predicted molar refractivity (Wildman–Crippen MR) is 121 cm³/mol. The highest BCUT2D eigenvalue weighted by molar-refractivity contribution is 14.0. The summed E-state index contributed by atoms with van der Waals surface area (Å²) in [5.74, 6) is 2.04. The average molecular weight is 493 g/mol. The molecule has 1 atom stereocenters. The maximum atomic E-state index is 11.9. The molecule has 0 aromatic carbocycles. The molecule has 0 spiro atoms. The van der Waals surface area contributed by atoms with E-state index in [0.29, 0.717) is 18.4 Å². The van der Waals surface area contributed by atoms with Crippen LogP contribution in [0.15, 0.2) is 9.52 Å². The van der Waals surface area contributed by atoms with Crippen molar-refractivity contribution in [1.29, 1.82) is 0 Å². The number of amides is 1. The number of rotatable bonds is 10. The molecule has 2 N–H and O–H groups in total. The molecular formula is C19H36IN5O2. The van der Waals surface area contributed by atoms with Crippen LogP contribution in [0.1, 0.15) is 56.5 Å². The monoisotopic (exact) mass is 493 g/mol. The summed E-state index contributed by atoms with van der Waals surface area (Å²) in [6.07, 6.45) is 4.77. The molecular weight excluding hydrogens is 457 g/mol. The lowest BCUT2D eigenvalue weighted by Crippen LogP contribution is -2.44. The Bertz CT molecular complexity index is 567. The van der Waals surface area contributed by atoms with Crippen molar-refractivity contribution in [3.8, 4) is 0 Å². The van der Waals surface area contributed by atoms with E-state index in [4.69, 9.17) is 4.52 Å². The second kappa shape index (κ2) is 13.8. The minimum atomic E-state index is 0. The molecule has 1 unspecified atom stereocenters. The van der Waals surface area contributed by atoms with Crippen molar-refractivity contribution in [2.45, 2.75) is 59.9 Å². The first kappa shape index (κ1) is 25.7. The zero-order chi connectivity index (χ0) is 19.5. The normalized spacial score (nSPS) is 12.3. The lowest BCUT2D eigenvalue weighted by Gasteiger charge is -2.19. The molecule has 27 heavy (non-hydrogen) atoms. The Balaban J connectivity index is 0.00000676. The number of guanidine groups is 1. The molecule has 1 aromatic rings. The number of unbranched alkanes of at least 4 members (excludes halogenated alkanes) is 1. The van der Waals surface area contributed by atoms with Crippen molar-refractivity contribution in [2.24, 2.45) is 10.9 Å². The number of aromatic nitrogens is 1. The van der Waals surface area contributed by atoms with Gasteiger partial charge in [-0.15, -0.1) is 24.0 Å². The second-order valence-electron chi connectivity index (χ2n) is 6.91. The number of hydrogen-bond acceptors (Lipinski definition) is 4. The molecule has 0 aliphatic heterocycles. The van der Waals surface area contributed by atoms with Crippen LogP contribution in [0, 0.1) is 19.8 Å². The van der Waals surface area contributed by atoms with Gasteiger partial charge in [0.05, 0.1) is 18.8 Å². The van der Waals surface area contributed by atoms with E-state index in [-0.39, 0.29) is 36.4 Å². The smallest absolute Gasteiger partial charge is 0.241 e. The highest BCUT2D eigenvalue weighted by Crippen LogP contribution is 2.13. The lowest BCUT2D eigenvalue weighted by atomic mass is 9.99. The van der Waals surface area contributed by atoms with Gasteiger partial charge in [0.15, 0.2) is 5.96 Å². The van der Waals surface area contributed by atoms with Crippen LogP contribution in [-0.2, 0) is 11.3 Å². The summed E-state index contributed by atoms with van der Waals surface area (Å²) in [5, 5.41) is 10.5. The van der Waals surface area contributed by atoms with E-state index in [1.807, 2.05) is 13.8 Å². The molecule has 1 rings (SSSR count). The van der Waals surface area contributed by atoms with Crippen LogP contribution in [0.3, 0.4) is 0 Å². The van der Waals surface area contributed by atoms with Crippen molar-refractivity contribution in [3.05, 3.63) is 17.0 Å². The van der Waals surface area contributed by atoms with E-state index in [9.17, 15) is 4.79 Å². The zero-order valence-corrected chi connectivity index (χ0v) is 19.9. The van der Waals surface area contributed by atoms with E-state index in [1.165, 1.54) is 19.3 Å². The Morgan fingerprint density at radius 2 is 1.96 bits per heavy atom. The number of nitrogens with one attached hydrogen (secondary N) is 2. The second-order valence-corrected chi connectivity index (χ2v) is 6.91. The van der Waals surface area contributed by atoms with Crippen LogP contribution in [-0.4, -0.2) is 49.1 Å². The molecule has 0 radical (unpaired) electrons. The number of aliphatic imine (C=N–C) groups is 1. The summed E-state index contributed by atoms with van der Waals surface area (Å²) in [7, 11) is 3.49. The third-order valence-corrected chi connectivity index (χ3v) is 4.58. The highest BCUT2D eigenvalue weighted by atomic mass is 127. The van der Waals surface area contributed by atoms with Crippen LogP contribution in [0.2, 0.25) is 0 Å². The maximum absolute atomic E-state index is 11.9. The third-order valence-electron chi connectivity index (χ3n) is 4.58. The molecule has 0 saturated carbocycles. The van der Waals surface area contributed by atoms with E-state index >= 15 is 0 Å². The quantitative estimate of drug-likeness (QED) is 0.297. The molecule has 0 fully saturated rings. The van der Waals surface area contributed by atoms with E-state index in [1.54, 1.807) is 19.0 Å². The third kappa shape index (κ3) is 9.44. The molecule has 0 saturated heterocycles. The first-order valence-corrected chi connectivity index (χ1v) is 9.53. The zero-order valence-electron chi connectivity index (χ0n) is 17.6. The lowest BCUT2D eigenvalue weighted by molar-refractivity contribution is -0.127. The largest absolute Gasteiger partial charge is 0.361 e. The van der Waals surface area contributed by atoms with Crippen LogP contribution >= 0.6 is 24.0 Å². The van der Waals surface area contributed by atoms with Crippen molar-refractivity contribution in [3.63, 3.8) is 0 Å². The topological polar surface area (TPSA) is 82.8 Å². The molecule has 0 bridgehead atoms. The summed E-state index contributed by atoms with van der Waals surface area (Å²) in [6.45, 7) is 9.76. The summed E-state index contributed by atoms with van der Waals surface area (Å²) < 4.78 is 5.20. The van der Waals surface area contributed by atoms with Crippen molar-refractivity contribution >= 4 is 35.8 Å². The Morgan fingerprint density at radius 3 is 2.48 bits per heavy atom. The van der Waals surface area contributed by atoms with Gasteiger partial charge in [-0.2, -0.15) is 0 Å². The Kier molecular flexibility index (Phi) is 13.1. The molecule has 1 aromatic heterocycles. The van der Waals surface area contributed by atoms with Gasteiger partial charge in [-0.25, -0.2) is 4.99 Å². The van der Waals surface area contributed by atoms with E-state index in [0.717, 1.165) is 30.0 Å². The summed E-state index contributed by atoms with van der Waals surface area (Å²) in [5.41, 5.74) is 1.84. The standard InChI is InChI=1S/C19H35N5O2.HI/c1-7-9-10-16(8-2)11-20-19(22-13-18(25)24(5)6)21-12-17-14(3)23-26-15(17)4;/h16H,7-13H2,1-6H3,(H2,20,21,22);1H. The highest BCUT2D eigenvalue weighted by Gasteiger charge is 2.12. The fourth-order valence-electron chi connectivity index (χ4n) is 2.56. The maximum Gasteiger partial charge on any atom is 0.241 e. The Morgan fingerprint density at radius 1 is 1.26 bits per heavy atom. The number of halogens is 1. The van der Waals surface area contributed by atoms with Gasteiger partial charge >= 0.3 is 0 Å². The van der Waals surface area contributed by atoms with Gasteiger partial charge in [-0.05, 0) is 26.2 Å². The predicted octanol–water partition coefficient (Wildman–Crippen LogP) is 3.25. The van der Waals surface area contributed by atoms with Gasteiger partial charge in [0.2, 0.25) is 5.91 Å². The van der Waals surface area contributed by atoms with Gasteiger partial charge < -0.3 is 20.1 Å². The number of nitrogens with zero attached hydrogens (tertiary/aromatic N) is 3. The molecule has 156 valence electrons. The Hall–Kier alpha value is -1.32. The number of carbonyl (C=O) groups excluding carboxylic acids is 1. The van der Waals surface area contributed by atoms with Gasteiger partial charge in [0.1, 0.15) is 5.76 Å². The van der Waals surface area contributed by atoms with Crippen LogP contribution in [0.5, 0.6) is 0 Å². The van der Waals surface area contributed by atoms with Gasteiger partial charge in [-0.3, -0.25) is 4.79 Å². The van der Waals surface area contributed by atoms with Crippen molar-refractivity contribution in [2.75, 3.05) is 27.2 Å².